The summed E-state index contributed by atoms with van der Waals surface area (Å²) in [4.78, 5) is 21.1. The Morgan fingerprint density at radius 2 is 2.00 bits per heavy atom. The van der Waals surface area contributed by atoms with E-state index in [4.69, 9.17) is 5.11 Å². The van der Waals surface area contributed by atoms with Crippen molar-refractivity contribution in [2.24, 2.45) is 0 Å². The lowest BCUT2D eigenvalue weighted by molar-refractivity contribution is 0.0696. The van der Waals surface area contributed by atoms with Gasteiger partial charge in [-0.05, 0) is 24.3 Å². The number of benzene rings is 1. The minimum Gasteiger partial charge on any atom is -0.478 e. The number of carbonyl (C=O) groups excluding carboxylic acids is 1. The first kappa shape index (κ1) is 10.1. The normalized spacial score (nSPS) is 10.0. The molecule has 0 aliphatic carbocycles. The zero-order chi connectivity index (χ0) is 11.5. The van der Waals surface area contributed by atoms with E-state index in [0.29, 0.717) is 17.5 Å². The molecule has 5 nitrogen and oxygen atoms in total. The fraction of sp³-hybridized carbons (Fsp3) is 0. The number of aromatic carboxylic acids is 1. The highest BCUT2D eigenvalue weighted by Gasteiger charge is 2.03. The number of carboxylic acids is 1. The first-order valence-electron chi connectivity index (χ1n) is 4.54. The van der Waals surface area contributed by atoms with E-state index in [1.165, 1.54) is 23.0 Å². The van der Waals surface area contributed by atoms with Gasteiger partial charge in [-0.1, -0.05) is 0 Å². The second-order valence-corrected chi connectivity index (χ2v) is 3.19. The second kappa shape index (κ2) is 3.98. The highest BCUT2D eigenvalue weighted by molar-refractivity contribution is 5.87. The van der Waals surface area contributed by atoms with Gasteiger partial charge in [0.25, 0.3) is 0 Å². The third kappa shape index (κ3) is 1.83. The molecule has 1 N–H and O–H groups in total. The molecule has 5 heteroatoms. The van der Waals surface area contributed by atoms with E-state index in [-0.39, 0.29) is 5.56 Å². The highest BCUT2D eigenvalue weighted by Crippen LogP contribution is 2.09. The lowest BCUT2D eigenvalue weighted by Crippen LogP contribution is -1.98. The van der Waals surface area contributed by atoms with Crippen LogP contribution >= 0.6 is 0 Å². The van der Waals surface area contributed by atoms with Crippen molar-refractivity contribution in [2.45, 2.75) is 0 Å². The number of rotatable bonds is 3. The summed E-state index contributed by atoms with van der Waals surface area (Å²) in [5, 5.41) is 12.7. The minimum atomic E-state index is -0.972. The summed E-state index contributed by atoms with van der Waals surface area (Å²) >= 11 is 0. The van der Waals surface area contributed by atoms with Crippen molar-refractivity contribution in [3.8, 4) is 5.69 Å². The van der Waals surface area contributed by atoms with Crippen LogP contribution in [-0.4, -0.2) is 27.1 Å². The Balaban J connectivity index is 2.34. The molecule has 0 bridgehead atoms. The van der Waals surface area contributed by atoms with Crippen molar-refractivity contribution < 1.29 is 14.7 Å². The predicted octanol–water partition coefficient (Wildman–Crippen LogP) is 1.38. The maximum absolute atomic E-state index is 10.6. The smallest absolute Gasteiger partial charge is 0.335 e. The van der Waals surface area contributed by atoms with Gasteiger partial charge in [0.05, 0.1) is 23.0 Å². The molecule has 0 aliphatic rings. The van der Waals surface area contributed by atoms with E-state index in [0.717, 1.165) is 0 Å². The quantitative estimate of drug-likeness (QED) is 0.787. The first-order chi connectivity index (χ1) is 7.70. The van der Waals surface area contributed by atoms with Crippen molar-refractivity contribution in [1.29, 1.82) is 0 Å². The summed E-state index contributed by atoms with van der Waals surface area (Å²) < 4.78 is 1.51. The molecule has 0 aliphatic heterocycles. The molecule has 0 amide bonds. The molecular formula is C11H8N2O3. The van der Waals surface area contributed by atoms with Crippen molar-refractivity contribution in [3.05, 3.63) is 47.8 Å². The van der Waals surface area contributed by atoms with Crippen LogP contribution < -0.4 is 0 Å². The van der Waals surface area contributed by atoms with Gasteiger partial charge in [-0.2, -0.15) is 5.10 Å². The minimum absolute atomic E-state index is 0.214. The van der Waals surface area contributed by atoms with Crippen LogP contribution in [0.1, 0.15) is 20.7 Å². The molecule has 0 atom stereocenters. The molecule has 1 aromatic carbocycles. The number of nitrogens with zero attached hydrogens (tertiary/aromatic N) is 2. The van der Waals surface area contributed by atoms with Crippen molar-refractivity contribution in [2.75, 3.05) is 0 Å². The number of carbonyl (C=O) groups is 2. The van der Waals surface area contributed by atoms with Gasteiger partial charge in [0.15, 0.2) is 6.29 Å². The fourth-order valence-corrected chi connectivity index (χ4v) is 1.30. The third-order valence-electron chi connectivity index (χ3n) is 2.12. The molecule has 0 saturated heterocycles. The Morgan fingerprint density at radius 3 is 2.50 bits per heavy atom. The van der Waals surface area contributed by atoms with Crippen LogP contribution in [0, 0.1) is 0 Å². The number of aromatic nitrogens is 2. The Kier molecular flexibility index (Phi) is 2.51. The van der Waals surface area contributed by atoms with Crippen LogP contribution in [0.5, 0.6) is 0 Å². The maximum atomic E-state index is 10.6. The second-order valence-electron chi connectivity index (χ2n) is 3.19. The van der Waals surface area contributed by atoms with E-state index in [2.05, 4.69) is 5.10 Å². The summed E-state index contributed by atoms with van der Waals surface area (Å²) in [6.07, 6.45) is 3.72. The molecule has 1 aromatic heterocycles. The number of hydrogen-bond acceptors (Lipinski definition) is 3. The summed E-state index contributed by atoms with van der Waals surface area (Å²) in [6.45, 7) is 0. The van der Waals surface area contributed by atoms with Gasteiger partial charge in [-0.3, -0.25) is 4.79 Å². The van der Waals surface area contributed by atoms with Gasteiger partial charge in [-0.25, -0.2) is 9.48 Å². The molecule has 0 unspecified atom stereocenters. The van der Waals surface area contributed by atoms with Crippen LogP contribution in [0.25, 0.3) is 5.69 Å². The van der Waals surface area contributed by atoms with Gasteiger partial charge >= 0.3 is 5.97 Å². The molecule has 0 saturated carbocycles. The standard InChI is InChI=1S/C11H8N2O3/c14-7-8-5-12-13(6-8)10-3-1-9(2-4-10)11(15)16/h1-7H,(H,15,16). The molecule has 0 spiro atoms. The van der Waals surface area contributed by atoms with E-state index in [1.54, 1.807) is 18.3 Å². The summed E-state index contributed by atoms with van der Waals surface area (Å²) in [6, 6.07) is 6.23. The molecular weight excluding hydrogens is 208 g/mol. The Hall–Kier alpha value is -2.43. The molecule has 80 valence electrons. The third-order valence-corrected chi connectivity index (χ3v) is 2.12. The molecule has 2 aromatic rings. The van der Waals surface area contributed by atoms with Crippen molar-refractivity contribution in [3.63, 3.8) is 0 Å². The lowest BCUT2D eigenvalue weighted by atomic mass is 10.2. The monoisotopic (exact) mass is 216 g/mol. The van der Waals surface area contributed by atoms with Crippen molar-refractivity contribution in [1.82, 2.24) is 9.78 Å². The maximum Gasteiger partial charge on any atom is 0.335 e. The Bertz CT molecular complexity index is 528. The SMILES string of the molecule is O=Cc1cnn(-c2ccc(C(=O)O)cc2)c1. The summed E-state index contributed by atoms with van der Waals surface area (Å²) in [7, 11) is 0. The lowest BCUT2D eigenvalue weighted by Gasteiger charge is -2.00. The van der Waals surface area contributed by atoms with Gasteiger partial charge in [0.1, 0.15) is 0 Å². The summed E-state index contributed by atoms with van der Waals surface area (Å²) in [5.41, 5.74) is 1.40. The average Bonchev–Trinajstić information content (AvgIpc) is 2.77. The van der Waals surface area contributed by atoms with E-state index < -0.39 is 5.97 Å². The number of hydrogen-bond donors (Lipinski definition) is 1. The Morgan fingerprint density at radius 1 is 1.31 bits per heavy atom. The number of aldehydes is 1. The largest absolute Gasteiger partial charge is 0.478 e. The average molecular weight is 216 g/mol. The van der Waals surface area contributed by atoms with Crippen LogP contribution in [0.2, 0.25) is 0 Å². The zero-order valence-corrected chi connectivity index (χ0v) is 8.20. The summed E-state index contributed by atoms with van der Waals surface area (Å²) in [5.74, 6) is -0.972. The Labute approximate surface area is 90.9 Å². The molecule has 1 heterocycles. The molecule has 0 radical (unpaired) electrons. The van der Waals surface area contributed by atoms with Gasteiger partial charge in [-0.15, -0.1) is 0 Å². The molecule has 16 heavy (non-hydrogen) atoms. The highest BCUT2D eigenvalue weighted by atomic mass is 16.4. The topological polar surface area (TPSA) is 72.2 Å². The van der Waals surface area contributed by atoms with E-state index in [1.807, 2.05) is 0 Å². The first-order valence-corrected chi connectivity index (χ1v) is 4.54. The molecule has 0 fully saturated rings. The van der Waals surface area contributed by atoms with Gasteiger partial charge < -0.3 is 5.11 Å². The van der Waals surface area contributed by atoms with E-state index in [9.17, 15) is 9.59 Å². The molecule has 2 rings (SSSR count). The zero-order valence-electron chi connectivity index (χ0n) is 8.20. The number of carboxylic acid groups (broad SMARTS) is 1. The van der Waals surface area contributed by atoms with Gasteiger partial charge in [0, 0.05) is 6.20 Å². The van der Waals surface area contributed by atoms with Crippen LogP contribution in [-0.2, 0) is 0 Å². The van der Waals surface area contributed by atoms with Crippen LogP contribution in [0.15, 0.2) is 36.7 Å². The predicted molar refractivity (Wildman–Crippen MR) is 55.9 cm³/mol. The van der Waals surface area contributed by atoms with Crippen LogP contribution in [0.4, 0.5) is 0 Å². The van der Waals surface area contributed by atoms with Crippen molar-refractivity contribution >= 4 is 12.3 Å². The van der Waals surface area contributed by atoms with E-state index >= 15 is 0 Å². The fourth-order valence-electron chi connectivity index (χ4n) is 1.30. The van der Waals surface area contributed by atoms with Crippen LogP contribution in [0.3, 0.4) is 0 Å². The van der Waals surface area contributed by atoms with Gasteiger partial charge in [0.2, 0.25) is 0 Å².